The van der Waals surface area contributed by atoms with Crippen LogP contribution < -0.4 is 15.5 Å². The lowest BCUT2D eigenvalue weighted by Crippen LogP contribution is -2.26. The number of hydrogen-bond donors (Lipinski definition) is 2. The van der Waals surface area contributed by atoms with E-state index in [2.05, 4.69) is 15.8 Å². The predicted molar refractivity (Wildman–Crippen MR) is 96.4 cm³/mol. The molecule has 0 bridgehead atoms. The van der Waals surface area contributed by atoms with Crippen LogP contribution in [0.3, 0.4) is 0 Å². The Balaban J connectivity index is 1.81. The number of amides is 2. The van der Waals surface area contributed by atoms with E-state index in [1.165, 1.54) is 18.2 Å². The second kappa shape index (κ2) is 9.31. The standard InChI is InChI=1S/C19H20FN3O3/c1-13(22-23-19(25)16-5-3-4-6-17(16)20)11-18(24)21-12-14-7-9-15(26-2)10-8-14/h3-10H,11-12H2,1-2H3,(H,21,24)(H,23,25)/b22-13-. The molecule has 2 aromatic carbocycles. The van der Waals surface area contributed by atoms with Crippen molar-refractivity contribution in [2.24, 2.45) is 5.10 Å². The summed E-state index contributed by atoms with van der Waals surface area (Å²) in [5.41, 5.74) is 3.48. The zero-order valence-electron chi connectivity index (χ0n) is 14.6. The largest absolute Gasteiger partial charge is 0.497 e. The second-order valence-electron chi connectivity index (χ2n) is 5.57. The maximum absolute atomic E-state index is 13.5. The summed E-state index contributed by atoms with van der Waals surface area (Å²) in [6.45, 7) is 1.98. The highest BCUT2D eigenvalue weighted by molar-refractivity contribution is 6.01. The first-order chi connectivity index (χ1) is 12.5. The van der Waals surface area contributed by atoms with Gasteiger partial charge >= 0.3 is 0 Å². The van der Waals surface area contributed by atoms with Gasteiger partial charge in [0.1, 0.15) is 11.6 Å². The van der Waals surface area contributed by atoms with E-state index >= 15 is 0 Å². The monoisotopic (exact) mass is 357 g/mol. The number of carbonyl (C=O) groups excluding carboxylic acids is 2. The third-order valence-electron chi connectivity index (χ3n) is 3.53. The van der Waals surface area contributed by atoms with E-state index in [0.29, 0.717) is 12.3 Å². The number of hydrogen-bond acceptors (Lipinski definition) is 4. The van der Waals surface area contributed by atoms with Gasteiger partial charge < -0.3 is 10.1 Å². The van der Waals surface area contributed by atoms with Crippen molar-refractivity contribution in [1.29, 1.82) is 0 Å². The smallest absolute Gasteiger partial charge is 0.274 e. The molecule has 0 saturated heterocycles. The molecule has 0 radical (unpaired) electrons. The molecule has 0 aliphatic heterocycles. The van der Waals surface area contributed by atoms with Gasteiger partial charge in [0, 0.05) is 12.3 Å². The molecule has 0 unspecified atom stereocenters. The molecule has 7 heteroatoms. The van der Waals surface area contributed by atoms with Crippen molar-refractivity contribution >= 4 is 17.5 Å². The Morgan fingerprint density at radius 2 is 1.81 bits per heavy atom. The normalized spacial score (nSPS) is 11.0. The number of halogens is 1. The van der Waals surface area contributed by atoms with Gasteiger partial charge in [0.25, 0.3) is 5.91 Å². The molecule has 2 N–H and O–H groups in total. The fraction of sp³-hybridized carbons (Fsp3) is 0.211. The Morgan fingerprint density at radius 1 is 1.12 bits per heavy atom. The minimum Gasteiger partial charge on any atom is -0.497 e. The van der Waals surface area contributed by atoms with E-state index in [4.69, 9.17) is 4.74 Å². The highest BCUT2D eigenvalue weighted by Crippen LogP contribution is 2.11. The summed E-state index contributed by atoms with van der Waals surface area (Å²) in [5.74, 6) is -0.785. The van der Waals surface area contributed by atoms with Gasteiger partial charge in [-0.1, -0.05) is 24.3 Å². The Kier molecular flexibility index (Phi) is 6.84. The topological polar surface area (TPSA) is 79.8 Å². The summed E-state index contributed by atoms with van der Waals surface area (Å²) >= 11 is 0. The molecule has 0 aliphatic rings. The lowest BCUT2D eigenvalue weighted by molar-refractivity contribution is -0.120. The molecule has 0 spiro atoms. The lowest BCUT2D eigenvalue weighted by Gasteiger charge is -2.07. The zero-order valence-corrected chi connectivity index (χ0v) is 14.6. The summed E-state index contributed by atoms with van der Waals surface area (Å²) in [6.07, 6.45) is 0.0215. The Labute approximate surface area is 151 Å². The van der Waals surface area contributed by atoms with Gasteiger partial charge in [0.2, 0.25) is 5.91 Å². The third kappa shape index (κ3) is 5.70. The summed E-state index contributed by atoms with van der Waals surface area (Å²) in [7, 11) is 1.59. The summed E-state index contributed by atoms with van der Waals surface area (Å²) in [4.78, 5) is 23.8. The molecule has 0 atom stereocenters. The molecule has 0 aromatic heterocycles. The number of ether oxygens (including phenoxy) is 1. The van der Waals surface area contributed by atoms with Crippen molar-refractivity contribution in [2.75, 3.05) is 7.11 Å². The van der Waals surface area contributed by atoms with E-state index < -0.39 is 11.7 Å². The van der Waals surface area contributed by atoms with Crippen molar-refractivity contribution in [3.8, 4) is 5.75 Å². The molecule has 0 saturated carbocycles. The van der Waals surface area contributed by atoms with Gasteiger partial charge in [-0.3, -0.25) is 9.59 Å². The Hall–Kier alpha value is -3.22. The number of methoxy groups -OCH3 is 1. The van der Waals surface area contributed by atoms with Crippen LogP contribution in [0.2, 0.25) is 0 Å². The molecule has 2 amide bonds. The highest BCUT2D eigenvalue weighted by Gasteiger charge is 2.10. The first kappa shape index (κ1) is 19.1. The summed E-state index contributed by atoms with van der Waals surface area (Å²) in [5, 5.41) is 6.59. The van der Waals surface area contributed by atoms with E-state index in [1.54, 1.807) is 20.1 Å². The van der Waals surface area contributed by atoms with Gasteiger partial charge in [0.15, 0.2) is 0 Å². The minimum atomic E-state index is -0.666. The summed E-state index contributed by atoms with van der Waals surface area (Å²) < 4.78 is 18.6. The number of rotatable bonds is 7. The van der Waals surface area contributed by atoms with Crippen molar-refractivity contribution < 1.29 is 18.7 Å². The van der Waals surface area contributed by atoms with E-state index in [0.717, 1.165) is 11.3 Å². The molecule has 136 valence electrons. The van der Waals surface area contributed by atoms with Crippen molar-refractivity contribution in [2.45, 2.75) is 19.9 Å². The molecule has 26 heavy (non-hydrogen) atoms. The number of carbonyl (C=O) groups is 2. The van der Waals surface area contributed by atoms with E-state index in [-0.39, 0.29) is 17.9 Å². The van der Waals surface area contributed by atoms with Gasteiger partial charge in [-0.2, -0.15) is 5.10 Å². The van der Waals surface area contributed by atoms with Crippen LogP contribution in [0.5, 0.6) is 5.75 Å². The Bertz CT molecular complexity index is 804. The Morgan fingerprint density at radius 3 is 2.46 bits per heavy atom. The SMILES string of the molecule is COc1ccc(CNC(=O)C/C(C)=N\NC(=O)c2ccccc2F)cc1. The first-order valence-corrected chi connectivity index (χ1v) is 7.97. The molecule has 2 aromatic rings. The van der Waals surface area contributed by atoms with E-state index in [1.807, 2.05) is 24.3 Å². The number of hydrazone groups is 1. The van der Waals surface area contributed by atoms with Crippen LogP contribution in [-0.2, 0) is 11.3 Å². The van der Waals surface area contributed by atoms with Crippen LogP contribution in [0.1, 0.15) is 29.3 Å². The fourth-order valence-corrected chi connectivity index (χ4v) is 2.13. The van der Waals surface area contributed by atoms with Crippen LogP contribution in [0, 0.1) is 5.82 Å². The second-order valence-corrected chi connectivity index (χ2v) is 5.57. The maximum Gasteiger partial charge on any atom is 0.274 e. The average molecular weight is 357 g/mol. The van der Waals surface area contributed by atoms with Crippen molar-refractivity contribution in [1.82, 2.24) is 10.7 Å². The molecule has 0 fully saturated rings. The van der Waals surface area contributed by atoms with Crippen LogP contribution in [0.15, 0.2) is 53.6 Å². The van der Waals surface area contributed by atoms with Gasteiger partial charge in [0.05, 0.1) is 19.1 Å². The van der Waals surface area contributed by atoms with E-state index in [9.17, 15) is 14.0 Å². The summed E-state index contributed by atoms with van der Waals surface area (Å²) in [6, 6.07) is 12.9. The third-order valence-corrected chi connectivity index (χ3v) is 3.53. The molecule has 6 nitrogen and oxygen atoms in total. The van der Waals surface area contributed by atoms with Crippen molar-refractivity contribution in [3.63, 3.8) is 0 Å². The first-order valence-electron chi connectivity index (χ1n) is 7.97. The van der Waals surface area contributed by atoms with Crippen LogP contribution in [0.4, 0.5) is 4.39 Å². The average Bonchev–Trinajstić information content (AvgIpc) is 2.65. The highest BCUT2D eigenvalue weighted by atomic mass is 19.1. The number of nitrogens with zero attached hydrogens (tertiary/aromatic N) is 1. The lowest BCUT2D eigenvalue weighted by atomic mass is 10.2. The maximum atomic E-state index is 13.5. The van der Waals surface area contributed by atoms with Crippen LogP contribution in [0.25, 0.3) is 0 Å². The molecule has 2 rings (SSSR count). The van der Waals surface area contributed by atoms with Crippen LogP contribution >= 0.6 is 0 Å². The van der Waals surface area contributed by atoms with Crippen LogP contribution in [-0.4, -0.2) is 24.6 Å². The van der Waals surface area contributed by atoms with Gasteiger partial charge in [-0.05, 0) is 36.8 Å². The van der Waals surface area contributed by atoms with Crippen molar-refractivity contribution in [3.05, 3.63) is 65.5 Å². The quantitative estimate of drug-likeness (QED) is 0.591. The molecule has 0 heterocycles. The zero-order chi connectivity index (χ0) is 18.9. The van der Waals surface area contributed by atoms with Gasteiger partial charge in [-0.25, -0.2) is 9.82 Å². The predicted octanol–water partition coefficient (Wildman–Crippen LogP) is 2.65. The number of benzene rings is 2. The molecular weight excluding hydrogens is 337 g/mol. The minimum absolute atomic E-state index is 0.0215. The molecule has 0 aliphatic carbocycles. The fourth-order valence-electron chi connectivity index (χ4n) is 2.13. The van der Waals surface area contributed by atoms with Gasteiger partial charge in [-0.15, -0.1) is 0 Å². The molecular formula is C19H20FN3O3. The number of nitrogens with one attached hydrogen (secondary N) is 2.